The fraction of sp³-hybridized carbons (Fsp3) is 0.462. The summed E-state index contributed by atoms with van der Waals surface area (Å²) in [5.41, 5.74) is 0.988. The second kappa shape index (κ2) is 5.00. The molecule has 1 aromatic carbocycles. The van der Waals surface area contributed by atoms with E-state index in [2.05, 4.69) is 0 Å². The normalized spacial score (nSPS) is 16.8. The van der Waals surface area contributed by atoms with Crippen LogP contribution in [-0.4, -0.2) is 22.4 Å². The first-order chi connectivity index (χ1) is 8.13. The van der Waals surface area contributed by atoms with E-state index in [4.69, 9.17) is 5.11 Å². The molecule has 0 spiro atoms. The van der Waals surface area contributed by atoms with Crippen LogP contribution in [0.4, 0.5) is 0 Å². The number of carboxylic acid groups (broad SMARTS) is 1. The van der Waals surface area contributed by atoms with E-state index in [1.807, 2.05) is 12.3 Å². The molecule has 3 nitrogen and oxygen atoms in total. The van der Waals surface area contributed by atoms with E-state index in [9.17, 15) is 9.90 Å². The molecule has 0 amide bonds. The summed E-state index contributed by atoms with van der Waals surface area (Å²) >= 11 is 1.48. The Morgan fingerprint density at radius 3 is 2.76 bits per heavy atom. The van der Waals surface area contributed by atoms with Crippen LogP contribution in [0.2, 0.25) is 0 Å². The molecule has 0 bridgehead atoms. The van der Waals surface area contributed by atoms with Crippen LogP contribution < -0.4 is 0 Å². The van der Waals surface area contributed by atoms with Gasteiger partial charge in [-0.3, -0.25) is 4.79 Å². The molecule has 2 rings (SSSR count). The lowest BCUT2D eigenvalue weighted by Crippen LogP contribution is -2.09. The zero-order valence-electron chi connectivity index (χ0n) is 9.72. The Morgan fingerprint density at radius 1 is 1.53 bits per heavy atom. The van der Waals surface area contributed by atoms with Crippen LogP contribution in [0, 0.1) is 5.92 Å². The summed E-state index contributed by atoms with van der Waals surface area (Å²) in [4.78, 5) is 11.8. The highest BCUT2D eigenvalue weighted by atomic mass is 32.2. The molecule has 2 N–H and O–H groups in total. The van der Waals surface area contributed by atoms with Crippen LogP contribution in [0.25, 0.3) is 0 Å². The molecule has 92 valence electrons. The van der Waals surface area contributed by atoms with Crippen LogP contribution >= 0.6 is 11.8 Å². The smallest absolute Gasteiger partial charge is 0.303 e. The lowest BCUT2D eigenvalue weighted by atomic mass is 9.91. The van der Waals surface area contributed by atoms with Crippen molar-refractivity contribution < 1.29 is 15.0 Å². The molecule has 0 aromatic heterocycles. The Kier molecular flexibility index (Phi) is 3.62. The minimum Gasteiger partial charge on any atom is -0.507 e. The van der Waals surface area contributed by atoms with Crippen LogP contribution in [0.3, 0.4) is 0 Å². The number of phenolic OH excluding ortho intramolecular Hbond substituents is 1. The molecule has 1 unspecified atom stereocenters. The fourth-order valence-corrected chi connectivity index (χ4v) is 3.01. The number of benzene rings is 1. The van der Waals surface area contributed by atoms with Gasteiger partial charge in [-0.2, -0.15) is 0 Å². The summed E-state index contributed by atoms with van der Waals surface area (Å²) in [5, 5.41) is 18.8. The summed E-state index contributed by atoms with van der Waals surface area (Å²) in [6, 6.07) is 5.39. The Morgan fingerprint density at radius 2 is 2.24 bits per heavy atom. The highest BCUT2D eigenvalue weighted by Gasteiger charge is 2.35. The second-order valence-electron chi connectivity index (χ2n) is 4.44. The van der Waals surface area contributed by atoms with Crippen molar-refractivity contribution in [1.29, 1.82) is 0 Å². The number of phenols is 1. The quantitative estimate of drug-likeness (QED) is 0.791. The third-order valence-corrected chi connectivity index (χ3v) is 4.07. The fourth-order valence-electron chi connectivity index (χ4n) is 2.27. The van der Waals surface area contributed by atoms with Gasteiger partial charge in [-0.1, -0.05) is 12.1 Å². The molecule has 0 heterocycles. The standard InChI is InChI=1S/C13H16O3S/c1-17-13-9(3-2-4-11(13)14)10(7-12(15)16)8-5-6-8/h2-4,8,10,14H,5-7H2,1H3,(H,15,16). The van der Waals surface area contributed by atoms with Crippen LogP contribution in [-0.2, 0) is 4.79 Å². The summed E-state index contributed by atoms with van der Waals surface area (Å²) in [6.07, 6.45) is 4.26. The Bertz CT molecular complexity index is 427. The monoisotopic (exact) mass is 252 g/mol. The van der Waals surface area contributed by atoms with Crippen molar-refractivity contribution in [2.24, 2.45) is 5.92 Å². The molecule has 0 aliphatic heterocycles. The Hall–Kier alpha value is -1.16. The minimum atomic E-state index is -0.766. The molecule has 0 saturated heterocycles. The van der Waals surface area contributed by atoms with Gasteiger partial charge in [-0.25, -0.2) is 0 Å². The number of carboxylic acids is 1. The van der Waals surface area contributed by atoms with E-state index in [-0.39, 0.29) is 18.1 Å². The van der Waals surface area contributed by atoms with Gasteiger partial charge in [0.05, 0.1) is 11.3 Å². The maximum absolute atomic E-state index is 10.9. The summed E-state index contributed by atoms with van der Waals surface area (Å²) in [7, 11) is 0. The third kappa shape index (κ3) is 2.75. The molecule has 1 aromatic rings. The number of carbonyl (C=O) groups is 1. The van der Waals surface area contributed by atoms with E-state index in [0.717, 1.165) is 23.3 Å². The van der Waals surface area contributed by atoms with Crippen molar-refractivity contribution >= 4 is 17.7 Å². The minimum absolute atomic E-state index is 0.0436. The van der Waals surface area contributed by atoms with Crippen LogP contribution in [0.5, 0.6) is 5.75 Å². The van der Waals surface area contributed by atoms with E-state index in [1.165, 1.54) is 11.8 Å². The van der Waals surface area contributed by atoms with Crippen molar-refractivity contribution in [3.05, 3.63) is 23.8 Å². The largest absolute Gasteiger partial charge is 0.507 e. The molecule has 4 heteroatoms. The van der Waals surface area contributed by atoms with Crippen molar-refractivity contribution in [3.8, 4) is 5.75 Å². The van der Waals surface area contributed by atoms with Gasteiger partial charge in [-0.15, -0.1) is 11.8 Å². The zero-order chi connectivity index (χ0) is 12.4. The van der Waals surface area contributed by atoms with Crippen LogP contribution in [0.1, 0.15) is 30.7 Å². The van der Waals surface area contributed by atoms with E-state index in [1.54, 1.807) is 12.1 Å². The first kappa shape index (κ1) is 12.3. The van der Waals surface area contributed by atoms with E-state index in [0.29, 0.717) is 5.92 Å². The average Bonchev–Trinajstić information content (AvgIpc) is 3.09. The topological polar surface area (TPSA) is 57.5 Å². The summed E-state index contributed by atoms with van der Waals surface area (Å²) < 4.78 is 0. The van der Waals surface area contributed by atoms with Gasteiger partial charge in [0.15, 0.2) is 0 Å². The second-order valence-corrected chi connectivity index (χ2v) is 5.26. The van der Waals surface area contributed by atoms with Gasteiger partial charge in [0, 0.05) is 0 Å². The third-order valence-electron chi connectivity index (χ3n) is 3.21. The van der Waals surface area contributed by atoms with Gasteiger partial charge in [0.2, 0.25) is 0 Å². The van der Waals surface area contributed by atoms with Crippen molar-refractivity contribution in [2.75, 3.05) is 6.26 Å². The first-order valence-corrected chi connectivity index (χ1v) is 6.93. The van der Waals surface area contributed by atoms with E-state index < -0.39 is 5.97 Å². The summed E-state index contributed by atoms with van der Waals surface area (Å²) in [6.45, 7) is 0. The van der Waals surface area contributed by atoms with Crippen molar-refractivity contribution in [3.63, 3.8) is 0 Å². The number of hydrogen-bond acceptors (Lipinski definition) is 3. The molecule has 1 saturated carbocycles. The number of aliphatic carboxylic acids is 1. The molecule has 17 heavy (non-hydrogen) atoms. The lowest BCUT2D eigenvalue weighted by molar-refractivity contribution is -0.137. The highest BCUT2D eigenvalue weighted by Crippen LogP contribution is 2.48. The molecule has 1 atom stereocenters. The van der Waals surface area contributed by atoms with Gasteiger partial charge >= 0.3 is 5.97 Å². The van der Waals surface area contributed by atoms with Crippen molar-refractivity contribution in [1.82, 2.24) is 0 Å². The zero-order valence-corrected chi connectivity index (χ0v) is 10.5. The number of hydrogen-bond donors (Lipinski definition) is 2. The van der Waals surface area contributed by atoms with E-state index >= 15 is 0 Å². The molecule has 0 radical (unpaired) electrons. The SMILES string of the molecule is CSc1c(O)cccc1C(CC(=O)O)C1CC1. The number of aromatic hydroxyl groups is 1. The average molecular weight is 252 g/mol. The molecule has 1 aliphatic carbocycles. The Labute approximate surface area is 105 Å². The molecule has 1 aliphatic rings. The first-order valence-electron chi connectivity index (χ1n) is 5.71. The maximum atomic E-state index is 10.9. The Balaban J connectivity index is 2.34. The number of thioether (sulfide) groups is 1. The molecular formula is C13H16O3S. The predicted octanol–water partition coefficient (Wildman–Crippen LogP) is 3.08. The number of rotatable bonds is 5. The summed E-state index contributed by atoms with van der Waals surface area (Å²) in [5.74, 6) is 0.00387. The maximum Gasteiger partial charge on any atom is 0.303 e. The van der Waals surface area contributed by atoms with Gasteiger partial charge < -0.3 is 10.2 Å². The highest BCUT2D eigenvalue weighted by molar-refractivity contribution is 7.98. The van der Waals surface area contributed by atoms with Crippen LogP contribution in [0.15, 0.2) is 23.1 Å². The van der Waals surface area contributed by atoms with Gasteiger partial charge in [-0.05, 0) is 42.6 Å². The predicted molar refractivity (Wildman–Crippen MR) is 67.6 cm³/mol. The van der Waals surface area contributed by atoms with Crippen molar-refractivity contribution in [2.45, 2.75) is 30.1 Å². The molecular weight excluding hydrogens is 236 g/mol. The van der Waals surface area contributed by atoms with Gasteiger partial charge in [0.1, 0.15) is 5.75 Å². The molecule has 1 fully saturated rings. The lowest BCUT2D eigenvalue weighted by Gasteiger charge is -2.18. The van der Waals surface area contributed by atoms with Gasteiger partial charge in [0.25, 0.3) is 0 Å².